The number of nitrogens with zero attached hydrogens (tertiary/aromatic N) is 2. The highest BCUT2D eigenvalue weighted by molar-refractivity contribution is 7.01. The summed E-state index contributed by atoms with van der Waals surface area (Å²) in [4.78, 5) is 5.67. The molecule has 4 aliphatic heterocycles. The van der Waals surface area contributed by atoms with Gasteiger partial charge in [-0.15, -0.1) is 0 Å². The first-order valence-electron chi connectivity index (χ1n) is 29.3. The Kier molecular flexibility index (Phi) is 8.34. The van der Waals surface area contributed by atoms with Crippen molar-refractivity contribution in [1.29, 1.82) is 0 Å². The first-order chi connectivity index (χ1) is 36.7. The van der Waals surface area contributed by atoms with Crippen LogP contribution in [0.3, 0.4) is 0 Å². The van der Waals surface area contributed by atoms with Gasteiger partial charge in [0.05, 0.1) is 5.69 Å². The molecule has 2 nitrogen and oxygen atoms in total. The fourth-order valence-corrected chi connectivity index (χ4v) is 20.3. The summed E-state index contributed by atoms with van der Waals surface area (Å²) >= 11 is 0. The Hall–Kier alpha value is -6.58. The van der Waals surface area contributed by atoms with Crippen LogP contribution in [0.2, 0.25) is 0 Å². The minimum atomic E-state index is 0.0158. The molecule has 3 heteroatoms. The summed E-state index contributed by atoms with van der Waals surface area (Å²) in [6.07, 6.45) is 14.0. The van der Waals surface area contributed by atoms with E-state index in [2.05, 4.69) is 200 Å². The van der Waals surface area contributed by atoms with E-state index < -0.39 is 0 Å². The van der Waals surface area contributed by atoms with E-state index in [0.29, 0.717) is 23.7 Å². The van der Waals surface area contributed by atoms with Gasteiger partial charge in [-0.2, -0.15) is 0 Å². The molecule has 0 saturated heterocycles. The van der Waals surface area contributed by atoms with Crippen LogP contribution >= 0.6 is 0 Å². The third kappa shape index (κ3) is 5.39. The maximum atomic E-state index is 2.92. The van der Waals surface area contributed by atoms with Crippen LogP contribution in [0.1, 0.15) is 113 Å². The summed E-state index contributed by atoms with van der Waals surface area (Å²) in [5, 5.41) is 0. The van der Waals surface area contributed by atoms with E-state index in [4.69, 9.17) is 0 Å². The van der Waals surface area contributed by atoms with Crippen molar-refractivity contribution < 1.29 is 0 Å². The zero-order chi connectivity index (χ0) is 49.3. The Bertz CT molecular complexity index is 3630. The molecule has 4 heterocycles. The lowest BCUT2D eigenvalue weighted by Crippen LogP contribution is -2.72. The SMILES string of the molecule is CC(C)(C)c1ccc(N2c3cc(-c4cc(-c5ccccc5)cc(-c5ccccc5)c4)cc4c3B3c5c2cccc5C2(c5ccc6c(c53)N4c3ccccc3C63C4CC5CC(C4)CC3C5)C3CC4CC(C3)CC2C4)cc1. The summed E-state index contributed by atoms with van der Waals surface area (Å²) in [6.45, 7) is 7.21. The van der Waals surface area contributed by atoms with Gasteiger partial charge in [0.15, 0.2) is 0 Å². The molecule has 12 aliphatic rings. The molecule has 8 aromatic carbocycles. The standard InChI is InChI=1S/C72H65BN2/c1-70(2,3)52-21-23-57(24-22-52)74-63-20-12-18-59-66(63)73-67-60(72(59)55-33-44-28-45(35-55)36-56(72)34-44)25-26-61-69(67)75(62-19-11-10-17-58(62)71(61)53-29-42-27-43(31-53)32-54(71)30-42)65-41-51(40-64(74)68(65)73)50-38-48(46-13-6-4-7-14-46)37-49(39-50)47-15-8-5-9-16-47/h4-26,37-45,53-56H,27-36H2,1-3H3. The number of benzene rings is 8. The highest BCUT2D eigenvalue weighted by atomic mass is 15.2. The molecule has 8 saturated carbocycles. The largest absolute Gasteiger partial charge is 0.311 e. The molecule has 8 aromatic rings. The highest BCUT2D eigenvalue weighted by Crippen LogP contribution is 2.72. The first kappa shape index (κ1) is 42.6. The summed E-state index contributed by atoms with van der Waals surface area (Å²) in [6, 6.07) is 67.9. The van der Waals surface area contributed by atoms with Crippen molar-refractivity contribution in [2.45, 2.75) is 101 Å². The van der Waals surface area contributed by atoms with Crippen LogP contribution in [0.15, 0.2) is 170 Å². The molecule has 2 spiro atoms. The zero-order valence-corrected chi connectivity index (χ0v) is 43.8. The van der Waals surface area contributed by atoms with E-state index in [-0.39, 0.29) is 23.0 Å². The molecule has 20 rings (SSSR count). The number of anilines is 6. The highest BCUT2D eigenvalue weighted by Gasteiger charge is 2.67. The number of rotatable bonds is 4. The van der Waals surface area contributed by atoms with Crippen LogP contribution < -0.4 is 26.2 Å². The number of fused-ring (bicyclic) bond motifs is 3. The fourth-order valence-electron chi connectivity index (χ4n) is 20.3. The van der Waals surface area contributed by atoms with E-state index in [9.17, 15) is 0 Å². The van der Waals surface area contributed by atoms with Crippen molar-refractivity contribution in [2.75, 3.05) is 9.80 Å². The van der Waals surface area contributed by atoms with Gasteiger partial charge in [-0.1, -0.05) is 136 Å². The van der Waals surface area contributed by atoms with Gasteiger partial charge >= 0.3 is 0 Å². The number of hydrogen-bond donors (Lipinski definition) is 0. The van der Waals surface area contributed by atoms with Gasteiger partial charge in [0.25, 0.3) is 6.71 Å². The normalized spacial score (nSPS) is 29.8. The van der Waals surface area contributed by atoms with Gasteiger partial charge < -0.3 is 9.80 Å². The maximum Gasteiger partial charge on any atom is 0.252 e. The quantitative estimate of drug-likeness (QED) is 0.162. The molecular weight excluding hydrogens is 904 g/mol. The fraction of sp³-hybridized carbons (Fsp3) is 0.333. The molecule has 0 N–H and O–H groups in total. The Balaban J connectivity index is 0.976. The molecule has 0 amide bonds. The van der Waals surface area contributed by atoms with Crippen LogP contribution in [-0.4, -0.2) is 6.71 Å². The van der Waals surface area contributed by atoms with Crippen LogP contribution in [-0.2, 0) is 16.2 Å². The van der Waals surface area contributed by atoms with Crippen LogP contribution in [0.25, 0.3) is 33.4 Å². The van der Waals surface area contributed by atoms with E-state index in [0.717, 1.165) is 23.7 Å². The Morgan fingerprint density at radius 3 is 1.39 bits per heavy atom. The Morgan fingerprint density at radius 1 is 0.360 bits per heavy atom. The first-order valence-corrected chi connectivity index (χ1v) is 29.3. The molecule has 8 fully saturated rings. The van der Waals surface area contributed by atoms with Crippen LogP contribution in [0.4, 0.5) is 34.1 Å². The Morgan fingerprint density at radius 2 is 0.813 bits per heavy atom. The average molecular weight is 969 g/mol. The van der Waals surface area contributed by atoms with E-state index >= 15 is 0 Å². The van der Waals surface area contributed by atoms with E-state index in [1.165, 1.54) is 137 Å². The van der Waals surface area contributed by atoms with Crippen molar-refractivity contribution in [3.05, 3.63) is 198 Å². The number of hydrogen-bond acceptors (Lipinski definition) is 2. The third-order valence-corrected chi connectivity index (χ3v) is 22.5. The zero-order valence-electron chi connectivity index (χ0n) is 43.8. The third-order valence-electron chi connectivity index (χ3n) is 22.5. The van der Waals surface area contributed by atoms with Crippen molar-refractivity contribution in [1.82, 2.24) is 0 Å². The molecule has 8 bridgehead atoms. The van der Waals surface area contributed by atoms with Crippen molar-refractivity contribution >= 4 is 57.2 Å². The molecule has 0 aromatic heterocycles. The van der Waals surface area contributed by atoms with Crippen molar-refractivity contribution in [3.8, 4) is 33.4 Å². The molecular formula is C72H65BN2. The second-order valence-corrected chi connectivity index (χ2v) is 26.9. The molecule has 0 atom stereocenters. The van der Waals surface area contributed by atoms with Gasteiger partial charge in [-0.25, -0.2) is 0 Å². The second kappa shape index (κ2) is 14.7. The average Bonchev–Trinajstić information content (AvgIpc) is 3.62. The van der Waals surface area contributed by atoms with Crippen molar-refractivity contribution in [3.63, 3.8) is 0 Å². The molecule has 8 aliphatic carbocycles. The number of para-hydroxylation sites is 1. The lowest BCUT2D eigenvalue weighted by Gasteiger charge is -2.67. The molecule has 366 valence electrons. The second-order valence-electron chi connectivity index (χ2n) is 26.9. The smallest absolute Gasteiger partial charge is 0.252 e. The topological polar surface area (TPSA) is 6.48 Å². The summed E-state index contributed by atoms with van der Waals surface area (Å²) < 4.78 is 0. The van der Waals surface area contributed by atoms with Crippen molar-refractivity contribution in [2.24, 2.45) is 47.3 Å². The summed E-state index contributed by atoms with van der Waals surface area (Å²) in [7, 11) is 0. The summed E-state index contributed by atoms with van der Waals surface area (Å²) in [5.41, 5.74) is 29.0. The molecule has 0 unspecified atom stereocenters. The minimum Gasteiger partial charge on any atom is -0.311 e. The van der Waals surface area contributed by atoms with Gasteiger partial charge in [0.1, 0.15) is 0 Å². The predicted octanol–water partition coefficient (Wildman–Crippen LogP) is 16.2. The van der Waals surface area contributed by atoms with Gasteiger partial charge in [-0.3, -0.25) is 0 Å². The van der Waals surface area contributed by atoms with Crippen LogP contribution in [0.5, 0.6) is 0 Å². The molecule has 75 heavy (non-hydrogen) atoms. The summed E-state index contributed by atoms with van der Waals surface area (Å²) in [5.74, 6) is 6.28. The molecule has 0 radical (unpaired) electrons. The lowest BCUT2D eigenvalue weighted by molar-refractivity contribution is -0.0430. The minimum absolute atomic E-state index is 0.0158. The van der Waals surface area contributed by atoms with E-state index in [1.807, 2.05) is 0 Å². The van der Waals surface area contributed by atoms with Gasteiger partial charge in [0, 0.05) is 39.3 Å². The van der Waals surface area contributed by atoms with E-state index in [1.54, 1.807) is 38.9 Å². The Labute approximate surface area is 444 Å². The monoisotopic (exact) mass is 969 g/mol. The lowest BCUT2D eigenvalue weighted by atomic mass is 9.25. The maximum absolute atomic E-state index is 2.92. The van der Waals surface area contributed by atoms with Gasteiger partial charge in [-0.05, 0) is 249 Å². The predicted molar refractivity (Wildman–Crippen MR) is 311 cm³/mol. The van der Waals surface area contributed by atoms with Gasteiger partial charge in [0.2, 0.25) is 0 Å². The van der Waals surface area contributed by atoms with Crippen LogP contribution in [0, 0.1) is 47.3 Å².